The lowest BCUT2D eigenvalue weighted by Gasteiger charge is -2.28. The van der Waals surface area contributed by atoms with Gasteiger partial charge >= 0.3 is 0 Å². The Hall–Kier alpha value is -2.98. The van der Waals surface area contributed by atoms with E-state index in [4.69, 9.17) is 4.74 Å². The molecule has 1 N–H and O–H groups in total. The van der Waals surface area contributed by atoms with Gasteiger partial charge in [0, 0.05) is 24.7 Å². The van der Waals surface area contributed by atoms with E-state index in [9.17, 15) is 18.0 Å². The van der Waals surface area contributed by atoms with Crippen LogP contribution in [-0.2, 0) is 14.8 Å². The van der Waals surface area contributed by atoms with Crippen LogP contribution in [0.3, 0.4) is 0 Å². The van der Waals surface area contributed by atoms with Gasteiger partial charge in [0.25, 0.3) is 21.8 Å². The highest BCUT2D eigenvalue weighted by Gasteiger charge is 2.42. The number of rotatable bonds is 4. The molecule has 2 aliphatic heterocycles. The summed E-state index contributed by atoms with van der Waals surface area (Å²) in [7, 11) is -3.97. The van der Waals surface area contributed by atoms with Crippen LogP contribution in [0.5, 0.6) is 0 Å². The van der Waals surface area contributed by atoms with Crippen LogP contribution in [0, 0.1) is 0 Å². The van der Waals surface area contributed by atoms with Crippen LogP contribution in [0.25, 0.3) is 0 Å². The molecular formula is C20H22N4O5S. The topological polar surface area (TPSA) is 109 Å². The third-order valence-corrected chi connectivity index (χ3v) is 7.04. The van der Waals surface area contributed by atoms with Crippen molar-refractivity contribution in [3.8, 4) is 0 Å². The minimum Gasteiger partial charge on any atom is -0.378 e. The number of ether oxygens (including phenoxy) is 1. The molecule has 2 aliphatic rings. The summed E-state index contributed by atoms with van der Waals surface area (Å²) in [5, 5.41) is 2.67. The molecule has 1 saturated heterocycles. The molecule has 4 rings (SSSR count). The van der Waals surface area contributed by atoms with Crippen molar-refractivity contribution in [3.63, 3.8) is 0 Å². The van der Waals surface area contributed by atoms with Crippen LogP contribution < -0.4 is 10.2 Å². The van der Waals surface area contributed by atoms with Gasteiger partial charge in [0.2, 0.25) is 0 Å². The van der Waals surface area contributed by atoms with Gasteiger partial charge in [0.05, 0.1) is 30.7 Å². The first kappa shape index (κ1) is 20.3. The van der Waals surface area contributed by atoms with Crippen LogP contribution in [0.1, 0.15) is 34.6 Å². The molecule has 2 amide bonds. The Morgan fingerprint density at radius 3 is 2.53 bits per heavy atom. The lowest BCUT2D eigenvalue weighted by molar-refractivity contribution is 0.0846. The fraction of sp³-hybridized carbons (Fsp3) is 0.350. The summed E-state index contributed by atoms with van der Waals surface area (Å²) in [6.07, 6.45) is 1.67. The van der Waals surface area contributed by atoms with Gasteiger partial charge in [-0.25, -0.2) is 17.7 Å². The van der Waals surface area contributed by atoms with Crippen LogP contribution in [0.15, 0.2) is 41.4 Å². The number of nitrogens with one attached hydrogen (secondary N) is 1. The maximum Gasteiger partial charge on any atom is 0.269 e. The second kappa shape index (κ2) is 7.69. The first-order valence-electron chi connectivity index (χ1n) is 9.62. The lowest BCUT2D eigenvalue weighted by atomic mass is 10.1. The zero-order valence-electron chi connectivity index (χ0n) is 16.7. The molecule has 158 valence electrons. The van der Waals surface area contributed by atoms with E-state index in [0.717, 1.165) is 23.1 Å². The molecule has 3 heterocycles. The van der Waals surface area contributed by atoms with E-state index in [2.05, 4.69) is 15.2 Å². The number of carbonyl (C=O) groups is 2. The fourth-order valence-corrected chi connectivity index (χ4v) is 5.35. The molecule has 0 radical (unpaired) electrons. The number of aromatic nitrogens is 1. The molecule has 0 spiro atoms. The van der Waals surface area contributed by atoms with Gasteiger partial charge in [-0.15, -0.1) is 0 Å². The largest absolute Gasteiger partial charge is 0.378 e. The Morgan fingerprint density at radius 1 is 1.17 bits per heavy atom. The summed E-state index contributed by atoms with van der Waals surface area (Å²) in [6.45, 7) is 6.14. The van der Waals surface area contributed by atoms with Gasteiger partial charge in [0.1, 0.15) is 10.7 Å². The number of amides is 2. The normalized spacial score (nSPS) is 17.9. The summed E-state index contributed by atoms with van der Waals surface area (Å²) < 4.78 is 31.6. The minimum atomic E-state index is -3.97. The fourth-order valence-electron chi connectivity index (χ4n) is 3.56. The zero-order chi connectivity index (χ0) is 21.5. The molecule has 0 unspecified atom stereocenters. The van der Waals surface area contributed by atoms with Crippen LogP contribution in [-0.4, -0.2) is 61.9 Å². The molecule has 10 heteroatoms. The standard InChI is InChI=1S/C20H22N4O5S/c1-13(2)24-20(26)16-5-3-14(11-17(16)30(24,27)28)19(25)22-18-6-4-15(12-21-18)23-7-9-29-10-8-23/h3-6,11-13H,7-10H2,1-2H3,(H,21,22,25). The van der Waals surface area contributed by atoms with Crippen molar-refractivity contribution in [1.29, 1.82) is 0 Å². The number of anilines is 2. The molecule has 1 fully saturated rings. The van der Waals surface area contributed by atoms with Crippen molar-refractivity contribution in [2.24, 2.45) is 0 Å². The highest BCUT2D eigenvalue weighted by atomic mass is 32.2. The van der Waals surface area contributed by atoms with Crippen molar-refractivity contribution in [2.45, 2.75) is 24.8 Å². The summed E-state index contributed by atoms with van der Waals surface area (Å²) in [4.78, 5) is 31.3. The van der Waals surface area contributed by atoms with Gasteiger partial charge < -0.3 is 15.0 Å². The van der Waals surface area contributed by atoms with Crippen molar-refractivity contribution >= 4 is 33.3 Å². The van der Waals surface area contributed by atoms with E-state index >= 15 is 0 Å². The number of morpholine rings is 1. The highest BCUT2D eigenvalue weighted by Crippen LogP contribution is 2.32. The molecule has 1 aromatic carbocycles. The second-order valence-corrected chi connectivity index (χ2v) is 9.15. The van der Waals surface area contributed by atoms with E-state index in [1.807, 2.05) is 6.07 Å². The van der Waals surface area contributed by atoms with Crippen molar-refractivity contribution in [1.82, 2.24) is 9.29 Å². The molecule has 0 atom stereocenters. The number of nitrogens with zero attached hydrogens (tertiary/aromatic N) is 3. The van der Waals surface area contributed by atoms with Crippen LogP contribution >= 0.6 is 0 Å². The summed E-state index contributed by atoms with van der Waals surface area (Å²) in [5.74, 6) is -0.734. The molecule has 0 bridgehead atoms. The maximum atomic E-state index is 12.7. The minimum absolute atomic E-state index is 0.0771. The van der Waals surface area contributed by atoms with E-state index in [1.165, 1.54) is 18.2 Å². The van der Waals surface area contributed by atoms with Crippen molar-refractivity contribution in [3.05, 3.63) is 47.7 Å². The zero-order valence-corrected chi connectivity index (χ0v) is 17.5. The van der Waals surface area contributed by atoms with Crippen molar-refractivity contribution in [2.75, 3.05) is 36.5 Å². The quantitative estimate of drug-likeness (QED) is 0.787. The second-order valence-electron chi connectivity index (χ2n) is 7.37. The first-order chi connectivity index (χ1) is 14.3. The molecular weight excluding hydrogens is 408 g/mol. The Balaban J connectivity index is 1.53. The SMILES string of the molecule is CC(C)N1C(=O)c2ccc(C(=O)Nc3ccc(N4CCOCC4)cn3)cc2S1(=O)=O. The van der Waals surface area contributed by atoms with Crippen molar-refractivity contribution < 1.29 is 22.7 Å². The Morgan fingerprint density at radius 2 is 1.90 bits per heavy atom. The van der Waals surface area contributed by atoms with Crippen LogP contribution in [0.4, 0.5) is 11.5 Å². The highest BCUT2D eigenvalue weighted by molar-refractivity contribution is 7.90. The van der Waals surface area contributed by atoms with E-state index < -0.39 is 27.9 Å². The number of carbonyl (C=O) groups excluding carboxylic acids is 2. The van der Waals surface area contributed by atoms with Gasteiger partial charge in [-0.1, -0.05) is 0 Å². The predicted octanol–water partition coefficient (Wildman–Crippen LogP) is 1.72. The third kappa shape index (κ3) is 3.52. The van der Waals surface area contributed by atoms with E-state index in [1.54, 1.807) is 26.1 Å². The monoisotopic (exact) mass is 430 g/mol. The smallest absolute Gasteiger partial charge is 0.269 e. The van der Waals surface area contributed by atoms with Gasteiger partial charge in [-0.2, -0.15) is 0 Å². The predicted molar refractivity (Wildman–Crippen MR) is 110 cm³/mol. The molecule has 1 aromatic heterocycles. The number of benzene rings is 1. The van der Waals surface area contributed by atoms with Gasteiger partial charge in [-0.3, -0.25) is 9.59 Å². The summed E-state index contributed by atoms with van der Waals surface area (Å²) >= 11 is 0. The molecule has 0 saturated carbocycles. The Bertz CT molecular complexity index is 1090. The number of hydrogen-bond acceptors (Lipinski definition) is 7. The lowest BCUT2D eigenvalue weighted by Crippen LogP contribution is -2.36. The Labute approximate surface area is 174 Å². The third-order valence-electron chi connectivity index (χ3n) is 5.05. The van der Waals surface area contributed by atoms with Gasteiger partial charge in [-0.05, 0) is 44.2 Å². The van der Waals surface area contributed by atoms with Gasteiger partial charge in [0.15, 0.2) is 0 Å². The molecule has 0 aliphatic carbocycles. The summed E-state index contributed by atoms with van der Waals surface area (Å²) in [6, 6.07) is 7.09. The molecule has 9 nitrogen and oxygen atoms in total. The molecule has 30 heavy (non-hydrogen) atoms. The average molecular weight is 430 g/mol. The Kier molecular flexibility index (Phi) is 5.20. The molecule has 2 aromatic rings. The van der Waals surface area contributed by atoms with E-state index in [-0.39, 0.29) is 16.0 Å². The number of sulfonamides is 1. The van der Waals surface area contributed by atoms with Crippen LogP contribution in [0.2, 0.25) is 0 Å². The average Bonchev–Trinajstić information content (AvgIpc) is 2.94. The maximum absolute atomic E-state index is 12.7. The van der Waals surface area contributed by atoms with E-state index in [0.29, 0.717) is 19.0 Å². The summed E-state index contributed by atoms with van der Waals surface area (Å²) in [5.41, 5.74) is 1.15. The number of pyridine rings is 1. The number of hydrogen-bond donors (Lipinski definition) is 1. The first-order valence-corrected chi connectivity index (χ1v) is 11.1. The number of fused-ring (bicyclic) bond motifs is 1.